The zero-order chi connectivity index (χ0) is 9.36. The summed E-state index contributed by atoms with van der Waals surface area (Å²) < 4.78 is 0. The van der Waals surface area contributed by atoms with Crippen LogP contribution < -0.4 is 10.9 Å². The molecule has 0 aliphatic heterocycles. The van der Waals surface area contributed by atoms with Crippen LogP contribution in [0.3, 0.4) is 0 Å². The van der Waals surface area contributed by atoms with Gasteiger partial charge in [-0.2, -0.15) is 0 Å². The fourth-order valence-corrected chi connectivity index (χ4v) is 1.52. The predicted octanol–water partition coefficient (Wildman–Crippen LogP) is 2.16. The van der Waals surface area contributed by atoms with Crippen molar-refractivity contribution in [2.24, 2.45) is 0 Å². The molecule has 0 aromatic carbocycles. The number of hydrazine groups is 1. The van der Waals surface area contributed by atoms with Gasteiger partial charge in [0.25, 0.3) is 0 Å². The van der Waals surface area contributed by atoms with Crippen molar-refractivity contribution in [3.05, 3.63) is 23.8 Å². The first-order valence-corrected chi connectivity index (χ1v) is 5.18. The molecule has 1 rings (SSSR count). The number of unbranched alkanes of at least 4 members (excludes halogenated alkanes) is 1. The van der Waals surface area contributed by atoms with Gasteiger partial charge in [0.15, 0.2) is 0 Å². The van der Waals surface area contributed by atoms with Gasteiger partial charge in [0.05, 0.1) is 0 Å². The van der Waals surface area contributed by atoms with E-state index in [0.29, 0.717) is 0 Å². The molecule has 2 nitrogen and oxygen atoms in total. The van der Waals surface area contributed by atoms with Crippen molar-refractivity contribution in [3.63, 3.8) is 0 Å². The summed E-state index contributed by atoms with van der Waals surface area (Å²) in [6, 6.07) is 0. The molecule has 0 heterocycles. The maximum absolute atomic E-state index is 3.10. The second-order valence-corrected chi connectivity index (χ2v) is 3.39. The van der Waals surface area contributed by atoms with Crippen LogP contribution in [0.25, 0.3) is 0 Å². The highest BCUT2D eigenvalue weighted by atomic mass is 15.3. The molecule has 2 heteroatoms. The van der Waals surface area contributed by atoms with Gasteiger partial charge in [0, 0.05) is 6.54 Å². The summed E-state index contributed by atoms with van der Waals surface area (Å²) in [7, 11) is 1.91. The maximum Gasteiger partial charge on any atom is 0.00997 e. The van der Waals surface area contributed by atoms with Gasteiger partial charge in [-0.1, -0.05) is 23.8 Å². The van der Waals surface area contributed by atoms with Gasteiger partial charge >= 0.3 is 0 Å². The average Bonchev–Trinajstić information content (AvgIpc) is 2.19. The molecule has 0 aromatic heterocycles. The summed E-state index contributed by atoms with van der Waals surface area (Å²) in [5, 5.41) is 0. The van der Waals surface area contributed by atoms with E-state index < -0.39 is 0 Å². The Morgan fingerprint density at radius 3 is 2.92 bits per heavy atom. The second-order valence-electron chi connectivity index (χ2n) is 3.39. The lowest BCUT2D eigenvalue weighted by Gasteiger charge is -2.06. The Morgan fingerprint density at radius 2 is 2.23 bits per heavy atom. The SMILES string of the molecule is CNNCCCCC1=CCCC=C1. The molecule has 0 amide bonds. The van der Waals surface area contributed by atoms with Crippen molar-refractivity contribution < 1.29 is 0 Å². The number of nitrogens with one attached hydrogen (secondary N) is 2. The molecule has 0 unspecified atom stereocenters. The van der Waals surface area contributed by atoms with E-state index in [4.69, 9.17) is 0 Å². The van der Waals surface area contributed by atoms with Crippen LogP contribution in [-0.2, 0) is 0 Å². The van der Waals surface area contributed by atoms with Gasteiger partial charge in [-0.15, -0.1) is 0 Å². The van der Waals surface area contributed by atoms with Crippen molar-refractivity contribution >= 4 is 0 Å². The van der Waals surface area contributed by atoms with Crippen LogP contribution in [0.1, 0.15) is 32.1 Å². The zero-order valence-corrected chi connectivity index (χ0v) is 8.47. The molecule has 1 aliphatic rings. The van der Waals surface area contributed by atoms with E-state index in [0.717, 1.165) is 6.54 Å². The molecule has 0 saturated carbocycles. The first-order valence-electron chi connectivity index (χ1n) is 5.18. The fourth-order valence-electron chi connectivity index (χ4n) is 1.52. The predicted molar refractivity (Wildman–Crippen MR) is 57.4 cm³/mol. The molecule has 0 radical (unpaired) electrons. The van der Waals surface area contributed by atoms with Crippen LogP contribution in [0.2, 0.25) is 0 Å². The Kier molecular flexibility index (Phi) is 5.54. The van der Waals surface area contributed by atoms with Crippen molar-refractivity contribution in [3.8, 4) is 0 Å². The molecule has 13 heavy (non-hydrogen) atoms. The largest absolute Gasteiger partial charge is 0.261 e. The molecule has 0 aromatic rings. The highest BCUT2D eigenvalue weighted by Gasteiger charge is 1.96. The van der Waals surface area contributed by atoms with E-state index in [1.54, 1.807) is 0 Å². The van der Waals surface area contributed by atoms with Gasteiger partial charge in [-0.05, 0) is 39.2 Å². The molecular formula is C11H20N2. The summed E-state index contributed by atoms with van der Waals surface area (Å²) >= 11 is 0. The van der Waals surface area contributed by atoms with Crippen LogP contribution in [0.15, 0.2) is 23.8 Å². The zero-order valence-electron chi connectivity index (χ0n) is 8.47. The number of hydrogen-bond acceptors (Lipinski definition) is 2. The van der Waals surface area contributed by atoms with Crippen molar-refractivity contribution in [2.45, 2.75) is 32.1 Å². The van der Waals surface area contributed by atoms with Gasteiger partial charge in [-0.3, -0.25) is 10.9 Å². The topological polar surface area (TPSA) is 24.1 Å². The Balaban J connectivity index is 1.99. The Bertz CT molecular complexity index is 183. The van der Waals surface area contributed by atoms with Gasteiger partial charge < -0.3 is 0 Å². The second kappa shape index (κ2) is 6.87. The van der Waals surface area contributed by atoms with Crippen molar-refractivity contribution in [2.75, 3.05) is 13.6 Å². The van der Waals surface area contributed by atoms with Gasteiger partial charge in [0.2, 0.25) is 0 Å². The minimum Gasteiger partial charge on any atom is -0.261 e. The molecule has 1 aliphatic carbocycles. The third-order valence-electron chi connectivity index (χ3n) is 2.27. The Morgan fingerprint density at radius 1 is 1.31 bits per heavy atom. The van der Waals surface area contributed by atoms with Crippen molar-refractivity contribution in [1.29, 1.82) is 0 Å². The minimum atomic E-state index is 1.06. The van der Waals surface area contributed by atoms with E-state index in [2.05, 4.69) is 29.1 Å². The van der Waals surface area contributed by atoms with Crippen LogP contribution in [0.5, 0.6) is 0 Å². The molecular weight excluding hydrogens is 160 g/mol. The highest BCUT2D eigenvalue weighted by molar-refractivity contribution is 5.21. The number of rotatable bonds is 6. The van der Waals surface area contributed by atoms with Crippen LogP contribution in [0, 0.1) is 0 Å². The summed E-state index contributed by atoms with van der Waals surface area (Å²) in [6.45, 7) is 1.06. The molecule has 0 fully saturated rings. The third-order valence-corrected chi connectivity index (χ3v) is 2.27. The van der Waals surface area contributed by atoms with Crippen LogP contribution in [0.4, 0.5) is 0 Å². The van der Waals surface area contributed by atoms with E-state index in [1.165, 1.54) is 37.7 Å². The van der Waals surface area contributed by atoms with E-state index in [1.807, 2.05) is 7.05 Å². The average molecular weight is 180 g/mol. The number of allylic oxidation sites excluding steroid dienone is 4. The Hall–Kier alpha value is -0.600. The monoisotopic (exact) mass is 180 g/mol. The first-order chi connectivity index (χ1) is 6.43. The van der Waals surface area contributed by atoms with Crippen LogP contribution >= 0.6 is 0 Å². The maximum atomic E-state index is 3.10. The fraction of sp³-hybridized carbons (Fsp3) is 0.636. The normalized spacial score (nSPS) is 15.9. The Labute approximate surface area is 81.1 Å². The molecule has 0 atom stereocenters. The standard InChI is InChI=1S/C11H20N2/c1-12-13-10-6-5-9-11-7-3-2-4-8-11/h3,7-8,12-13H,2,4-6,9-10H2,1H3. The smallest absolute Gasteiger partial charge is 0.00997 e. The van der Waals surface area contributed by atoms with Crippen LogP contribution in [-0.4, -0.2) is 13.6 Å². The summed E-state index contributed by atoms with van der Waals surface area (Å²) in [5.41, 5.74) is 7.55. The summed E-state index contributed by atoms with van der Waals surface area (Å²) in [6.07, 6.45) is 13.1. The van der Waals surface area contributed by atoms with Gasteiger partial charge in [-0.25, -0.2) is 0 Å². The van der Waals surface area contributed by atoms with E-state index in [-0.39, 0.29) is 0 Å². The lowest BCUT2D eigenvalue weighted by atomic mass is 10.0. The lowest BCUT2D eigenvalue weighted by Crippen LogP contribution is -2.28. The first kappa shape index (κ1) is 10.5. The molecule has 0 bridgehead atoms. The summed E-state index contributed by atoms with van der Waals surface area (Å²) in [5.74, 6) is 0. The number of hydrogen-bond donors (Lipinski definition) is 2. The van der Waals surface area contributed by atoms with Gasteiger partial charge in [0.1, 0.15) is 0 Å². The highest BCUT2D eigenvalue weighted by Crippen LogP contribution is 2.15. The third kappa shape index (κ3) is 4.86. The summed E-state index contributed by atoms with van der Waals surface area (Å²) in [4.78, 5) is 0. The van der Waals surface area contributed by atoms with E-state index >= 15 is 0 Å². The lowest BCUT2D eigenvalue weighted by molar-refractivity contribution is 0.560. The van der Waals surface area contributed by atoms with Crippen molar-refractivity contribution in [1.82, 2.24) is 10.9 Å². The quantitative estimate of drug-likeness (QED) is 0.483. The molecule has 2 N–H and O–H groups in total. The molecule has 0 saturated heterocycles. The molecule has 0 spiro atoms. The minimum absolute atomic E-state index is 1.06. The van der Waals surface area contributed by atoms with E-state index in [9.17, 15) is 0 Å². The molecule has 74 valence electrons.